The lowest BCUT2D eigenvalue weighted by atomic mass is 9.96. The molecule has 0 aliphatic rings. The molecule has 1 aromatic heterocycles. The van der Waals surface area contributed by atoms with Crippen LogP contribution in [0.25, 0.3) is 11.3 Å². The van der Waals surface area contributed by atoms with Gasteiger partial charge in [-0.15, -0.1) is 0 Å². The molecule has 1 aromatic carbocycles. The molecular formula is C18H24N+. The lowest BCUT2D eigenvalue weighted by Gasteiger charge is -2.11. The number of hydrogen-bond donors (Lipinski definition) is 0. The predicted molar refractivity (Wildman–Crippen MR) is 81.4 cm³/mol. The molecule has 1 nitrogen and oxygen atoms in total. The van der Waals surface area contributed by atoms with Crippen LogP contribution < -0.4 is 4.57 Å². The predicted octanol–water partition coefficient (Wildman–Crippen LogP) is 4.23. The Hall–Kier alpha value is -1.63. The maximum atomic E-state index is 8.41. The van der Waals surface area contributed by atoms with Gasteiger partial charge in [0.25, 0.3) is 0 Å². The van der Waals surface area contributed by atoms with Gasteiger partial charge in [0.1, 0.15) is 7.05 Å². The van der Waals surface area contributed by atoms with E-state index in [1.165, 1.54) is 35.0 Å². The van der Waals surface area contributed by atoms with Crippen molar-refractivity contribution in [1.29, 1.82) is 0 Å². The van der Waals surface area contributed by atoms with Crippen molar-refractivity contribution >= 4 is 0 Å². The fraction of sp³-hybridized carbons (Fsp3) is 0.389. The van der Waals surface area contributed by atoms with Crippen LogP contribution in [0, 0.1) is 20.6 Å². The van der Waals surface area contributed by atoms with E-state index >= 15 is 0 Å². The molecule has 0 aliphatic heterocycles. The van der Waals surface area contributed by atoms with Crippen LogP contribution >= 0.6 is 0 Å². The molecule has 0 N–H and O–H groups in total. The molecule has 100 valence electrons. The van der Waals surface area contributed by atoms with Gasteiger partial charge >= 0.3 is 0 Å². The molecule has 0 radical (unpaired) electrons. The summed E-state index contributed by atoms with van der Waals surface area (Å²) in [6.45, 7) is -10.2. The first-order chi connectivity index (χ1) is 14.1. The molecule has 0 saturated heterocycles. The third-order valence-electron chi connectivity index (χ3n) is 3.08. The van der Waals surface area contributed by atoms with Crippen molar-refractivity contribution in [2.75, 3.05) is 0 Å². The van der Waals surface area contributed by atoms with E-state index in [0.29, 0.717) is 5.56 Å². The summed E-state index contributed by atoms with van der Waals surface area (Å²) < 4.78 is 103. The zero-order chi connectivity index (χ0) is 25.1. The minimum absolute atomic E-state index is 0.243. The van der Waals surface area contributed by atoms with Crippen molar-refractivity contribution in [3.8, 4) is 11.3 Å². The number of nitrogens with zero attached hydrogens (tertiary/aromatic N) is 1. The van der Waals surface area contributed by atoms with Crippen molar-refractivity contribution < 1.29 is 22.4 Å². The molecule has 0 saturated carbocycles. The normalized spacial score (nSPS) is 24.4. The third-order valence-corrected chi connectivity index (χ3v) is 3.08. The van der Waals surface area contributed by atoms with Gasteiger partial charge in [-0.3, -0.25) is 0 Å². The number of benzene rings is 1. The summed E-state index contributed by atoms with van der Waals surface area (Å²) in [4.78, 5) is 0. The molecular weight excluding hydrogens is 230 g/mol. The summed E-state index contributed by atoms with van der Waals surface area (Å²) in [7, 11) is 1.58. The molecule has 2 aromatic rings. The average molecular weight is 267 g/mol. The van der Waals surface area contributed by atoms with Gasteiger partial charge < -0.3 is 0 Å². The Morgan fingerprint density at radius 2 is 1.84 bits per heavy atom. The highest BCUT2D eigenvalue weighted by Gasteiger charge is 2.15. The smallest absolute Gasteiger partial charge is 0.201 e. The van der Waals surface area contributed by atoms with Gasteiger partial charge in [0.05, 0.1) is 0 Å². The van der Waals surface area contributed by atoms with Gasteiger partial charge in [-0.25, -0.2) is 4.57 Å². The molecule has 0 fully saturated rings. The summed E-state index contributed by atoms with van der Waals surface area (Å²) in [6, 6.07) is 4.91. The van der Waals surface area contributed by atoms with Gasteiger partial charge in [0.2, 0.25) is 5.69 Å². The molecule has 0 atom stereocenters. The summed E-state index contributed by atoms with van der Waals surface area (Å²) in [5.74, 6) is -2.93. The highest BCUT2D eigenvalue weighted by atomic mass is 14.9. The molecule has 0 spiro atoms. The summed E-state index contributed by atoms with van der Waals surface area (Å²) in [6.07, 6.45) is 1.39. The Morgan fingerprint density at radius 1 is 1.11 bits per heavy atom. The maximum absolute atomic E-state index is 8.41. The second kappa shape index (κ2) is 5.16. The fourth-order valence-corrected chi connectivity index (χ4v) is 1.98. The Morgan fingerprint density at radius 3 is 2.53 bits per heavy atom. The van der Waals surface area contributed by atoms with E-state index < -0.39 is 33.3 Å². The Balaban J connectivity index is 2.89. The minimum Gasteiger partial charge on any atom is -0.201 e. The van der Waals surface area contributed by atoms with Crippen molar-refractivity contribution in [1.82, 2.24) is 0 Å². The van der Waals surface area contributed by atoms with Crippen LogP contribution in [0.1, 0.15) is 59.7 Å². The zero-order valence-electron chi connectivity index (χ0n) is 23.8. The first kappa shape index (κ1) is 4.73. The van der Waals surface area contributed by atoms with Crippen LogP contribution in [0.3, 0.4) is 0 Å². The standard InChI is InChI=1S/C18H24N/c1-12(2)16-7-8-19(6)18(11-16)17-10-14(4)13(3)9-15(17)5/h7-12H,1-6H3/q+1/i1D3,2D3,3D3,4D3,12D. The van der Waals surface area contributed by atoms with E-state index in [1.807, 2.05) is 0 Å². The van der Waals surface area contributed by atoms with Crippen LogP contribution in [-0.4, -0.2) is 0 Å². The van der Waals surface area contributed by atoms with Crippen LogP contribution in [-0.2, 0) is 7.05 Å². The summed E-state index contributed by atoms with van der Waals surface area (Å²) >= 11 is 0. The van der Waals surface area contributed by atoms with E-state index in [1.54, 1.807) is 14.0 Å². The van der Waals surface area contributed by atoms with Gasteiger partial charge in [-0.05, 0) is 54.8 Å². The molecule has 1 heterocycles. The van der Waals surface area contributed by atoms with Crippen molar-refractivity contribution in [3.05, 3.63) is 52.7 Å². The average Bonchev–Trinajstić information content (AvgIpc) is 2.57. The molecule has 2 rings (SSSR count). The van der Waals surface area contributed by atoms with E-state index in [-0.39, 0.29) is 27.9 Å². The highest BCUT2D eigenvalue weighted by molar-refractivity contribution is 5.63. The Kier molecular flexibility index (Phi) is 1.29. The van der Waals surface area contributed by atoms with Crippen LogP contribution in [0.4, 0.5) is 0 Å². The van der Waals surface area contributed by atoms with Crippen LogP contribution in [0.15, 0.2) is 30.5 Å². The fourth-order valence-electron chi connectivity index (χ4n) is 1.98. The molecule has 19 heavy (non-hydrogen) atoms. The third kappa shape index (κ3) is 2.70. The largest absolute Gasteiger partial charge is 0.212 e. The van der Waals surface area contributed by atoms with Crippen molar-refractivity contribution in [2.24, 2.45) is 7.05 Å². The topological polar surface area (TPSA) is 3.88 Å². The number of aromatic nitrogens is 1. The summed E-state index contributed by atoms with van der Waals surface area (Å²) in [5.41, 5.74) is -0.0696. The van der Waals surface area contributed by atoms with Crippen LogP contribution in [0.5, 0.6) is 0 Å². The lowest BCUT2D eigenvalue weighted by Crippen LogP contribution is -2.31. The van der Waals surface area contributed by atoms with Crippen LogP contribution in [0.2, 0.25) is 0 Å². The highest BCUT2D eigenvalue weighted by Crippen LogP contribution is 2.26. The van der Waals surface area contributed by atoms with Gasteiger partial charge in [0, 0.05) is 35.5 Å². The number of pyridine rings is 1. The SMILES string of the molecule is [2H]C([2H])([2H])c1cc(C)c(-c2cc(C([2H])(C([2H])([2H])[2H])C([2H])([2H])[2H])cc[n+]2C)cc1C([2H])([2H])[2H]. The second-order valence-electron chi connectivity index (χ2n) is 4.50. The minimum atomic E-state index is -3.18. The van der Waals surface area contributed by atoms with E-state index in [2.05, 4.69) is 0 Å². The molecule has 1 heteroatoms. The number of rotatable bonds is 2. The van der Waals surface area contributed by atoms with E-state index in [0.717, 1.165) is 0 Å². The van der Waals surface area contributed by atoms with E-state index in [4.69, 9.17) is 17.8 Å². The molecule has 0 unspecified atom stereocenters. The second-order valence-corrected chi connectivity index (χ2v) is 4.50. The van der Waals surface area contributed by atoms with Crippen molar-refractivity contribution in [3.63, 3.8) is 0 Å². The first-order valence-corrected chi connectivity index (χ1v) is 5.78. The monoisotopic (exact) mass is 267 g/mol. The zero-order valence-corrected chi connectivity index (χ0v) is 10.8. The molecule has 0 amide bonds. The number of hydrogen-bond acceptors (Lipinski definition) is 0. The van der Waals surface area contributed by atoms with Gasteiger partial charge in [0.15, 0.2) is 6.20 Å². The quantitative estimate of drug-likeness (QED) is 0.717. The van der Waals surface area contributed by atoms with E-state index in [9.17, 15) is 0 Å². The van der Waals surface area contributed by atoms with Crippen molar-refractivity contribution in [2.45, 2.75) is 40.2 Å². The Bertz CT molecular complexity index is 996. The van der Waals surface area contributed by atoms with Gasteiger partial charge in [-0.2, -0.15) is 0 Å². The first-order valence-electron chi connectivity index (χ1n) is 12.3. The lowest BCUT2D eigenvalue weighted by molar-refractivity contribution is -0.660. The molecule has 0 aliphatic carbocycles. The summed E-state index contributed by atoms with van der Waals surface area (Å²) in [5, 5.41) is 0. The molecule has 0 bridgehead atoms. The number of aryl methyl sites for hydroxylation is 4. The maximum Gasteiger partial charge on any atom is 0.212 e. The Labute approximate surface area is 135 Å². The van der Waals surface area contributed by atoms with Gasteiger partial charge in [-0.1, -0.05) is 19.8 Å².